The van der Waals surface area contributed by atoms with Gasteiger partial charge in [0, 0.05) is 23.3 Å². The second-order valence-electron chi connectivity index (χ2n) is 4.52. The van der Waals surface area contributed by atoms with Crippen LogP contribution in [0.2, 0.25) is 0 Å². The van der Waals surface area contributed by atoms with E-state index in [-0.39, 0.29) is 0 Å². The van der Waals surface area contributed by atoms with Crippen LogP contribution in [-0.4, -0.2) is 17.6 Å². The minimum Gasteiger partial charge on any atom is -0.478 e. The molecule has 0 aromatic carbocycles. The van der Waals surface area contributed by atoms with E-state index in [1.807, 2.05) is 0 Å². The molecule has 0 aliphatic heterocycles. The summed E-state index contributed by atoms with van der Waals surface area (Å²) < 4.78 is 0. The Hall–Kier alpha value is -0.870. The number of carbonyl (C=O) groups is 1. The first-order valence-electron chi connectivity index (χ1n) is 5.10. The molecular weight excluding hydrogens is 210 g/mol. The maximum atomic E-state index is 10.6. The Kier molecular flexibility index (Phi) is 2.80. The molecule has 4 heteroatoms. The molecular formula is C11H15NO2S. The first-order valence-corrected chi connectivity index (χ1v) is 5.98. The summed E-state index contributed by atoms with van der Waals surface area (Å²) in [5, 5.41) is 13.8. The lowest BCUT2D eigenvalue weighted by molar-refractivity contribution is 0.0697. The fourth-order valence-electron chi connectivity index (χ4n) is 1.46. The van der Waals surface area contributed by atoms with Crippen molar-refractivity contribution in [1.29, 1.82) is 0 Å². The molecule has 82 valence electrons. The molecule has 0 spiro atoms. The molecule has 0 amide bonds. The van der Waals surface area contributed by atoms with Gasteiger partial charge in [0.1, 0.15) is 0 Å². The fourth-order valence-corrected chi connectivity index (χ4v) is 2.29. The van der Waals surface area contributed by atoms with E-state index in [1.165, 1.54) is 24.2 Å². The van der Waals surface area contributed by atoms with E-state index in [4.69, 9.17) is 5.11 Å². The summed E-state index contributed by atoms with van der Waals surface area (Å²) in [7, 11) is 0. The van der Waals surface area contributed by atoms with Gasteiger partial charge in [-0.1, -0.05) is 6.92 Å². The van der Waals surface area contributed by atoms with Gasteiger partial charge in [-0.15, -0.1) is 11.3 Å². The third-order valence-electron chi connectivity index (χ3n) is 2.86. The highest BCUT2D eigenvalue weighted by molar-refractivity contribution is 7.10. The van der Waals surface area contributed by atoms with Crippen LogP contribution in [0.4, 0.5) is 0 Å². The van der Waals surface area contributed by atoms with Gasteiger partial charge in [0.25, 0.3) is 0 Å². The summed E-state index contributed by atoms with van der Waals surface area (Å²) in [6, 6.07) is 1.75. The monoisotopic (exact) mass is 225 g/mol. The van der Waals surface area contributed by atoms with Gasteiger partial charge in [0.2, 0.25) is 0 Å². The van der Waals surface area contributed by atoms with Crippen LogP contribution in [0, 0.1) is 5.41 Å². The van der Waals surface area contributed by atoms with Crippen LogP contribution in [0.1, 0.15) is 35.0 Å². The van der Waals surface area contributed by atoms with E-state index >= 15 is 0 Å². The third kappa shape index (κ3) is 2.79. The van der Waals surface area contributed by atoms with Gasteiger partial charge in [-0.25, -0.2) is 4.79 Å². The number of carboxylic acids is 1. The van der Waals surface area contributed by atoms with Gasteiger partial charge in [0.15, 0.2) is 0 Å². The second-order valence-corrected chi connectivity index (χ2v) is 5.52. The summed E-state index contributed by atoms with van der Waals surface area (Å²) in [5.41, 5.74) is 0.904. The van der Waals surface area contributed by atoms with Crippen LogP contribution >= 0.6 is 11.3 Å². The van der Waals surface area contributed by atoms with Gasteiger partial charge in [-0.3, -0.25) is 0 Å². The third-order valence-corrected chi connectivity index (χ3v) is 3.79. The molecule has 1 saturated carbocycles. The van der Waals surface area contributed by atoms with Crippen molar-refractivity contribution in [1.82, 2.24) is 5.32 Å². The first-order chi connectivity index (χ1) is 7.09. The standard InChI is InChI=1S/C11H15NO2S/c1-11(2-3-11)7-12-5-9-4-8(6-15-9)10(13)14/h4,6,12H,2-3,5,7H2,1H3,(H,13,14). The first kappa shape index (κ1) is 10.6. The van der Waals surface area contributed by atoms with Gasteiger partial charge < -0.3 is 10.4 Å². The van der Waals surface area contributed by atoms with Crippen LogP contribution in [0.5, 0.6) is 0 Å². The largest absolute Gasteiger partial charge is 0.478 e. The second kappa shape index (κ2) is 3.94. The summed E-state index contributed by atoms with van der Waals surface area (Å²) in [4.78, 5) is 11.7. The Bertz CT molecular complexity index is 368. The molecule has 3 nitrogen and oxygen atoms in total. The summed E-state index contributed by atoms with van der Waals surface area (Å²) in [6.07, 6.45) is 2.62. The number of hydrogen-bond donors (Lipinski definition) is 2. The van der Waals surface area contributed by atoms with Crippen molar-refractivity contribution in [3.05, 3.63) is 21.9 Å². The Balaban J connectivity index is 1.80. The van der Waals surface area contributed by atoms with Gasteiger partial charge >= 0.3 is 5.97 Å². The number of hydrogen-bond acceptors (Lipinski definition) is 3. The van der Waals surface area contributed by atoms with Gasteiger partial charge in [0.05, 0.1) is 5.56 Å². The number of aromatic carboxylic acids is 1. The lowest BCUT2D eigenvalue weighted by atomic mass is 10.1. The molecule has 0 saturated heterocycles. The average Bonchev–Trinajstić information content (AvgIpc) is 2.74. The molecule has 0 unspecified atom stereocenters. The molecule has 1 aliphatic rings. The van der Waals surface area contributed by atoms with Crippen LogP contribution in [0.3, 0.4) is 0 Å². The van der Waals surface area contributed by atoms with Crippen molar-refractivity contribution in [2.45, 2.75) is 26.3 Å². The molecule has 1 heterocycles. The molecule has 15 heavy (non-hydrogen) atoms. The van der Waals surface area contributed by atoms with Crippen molar-refractivity contribution in [2.75, 3.05) is 6.54 Å². The van der Waals surface area contributed by atoms with Crippen molar-refractivity contribution in [3.8, 4) is 0 Å². The highest BCUT2D eigenvalue weighted by Gasteiger charge is 2.36. The van der Waals surface area contributed by atoms with Crippen LogP contribution < -0.4 is 5.32 Å². The van der Waals surface area contributed by atoms with E-state index < -0.39 is 5.97 Å². The Labute approximate surface area is 93.1 Å². The van der Waals surface area contributed by atoms with E-state index in [0.717, 1.165) is 18.0 Å². The Morgan fingerprint density at radius 3 is 2.93 bits per heavy atom. The van der Waals surface area contributed by atoms with Crippen molar-refractivity contribution >= 4 is 17.3 Å². The molecule has 0 bridgehead atoms. The zero-order chi connectivity index (χ0) is 10.9. The summed E-state index contributed by atoms with van der Waals surface area (Å²) in [6.45, 7) is 4.10. The predicted octanol–water partition coefficient (Wildman–Crippen LogP) is 2.34. The molecule has 0 atom stereocenters. The molecule has 0 radical (unpaired) electrons. The lowest BCUT2D eigenvalue weighted by Gasteiger charge is -2.08. The minimum absolute atomic E-state index is 0.398. The topological polar surface area (TPSA) is 49.3 Å². The Morgan fingerprint density at radius 1 is 1.67 bits per heavy atom. The zero-order valence-electron chi connectivity index (χ0n) is 8.75. The molecule has 2 rings (SSSR count). The highest BCUT2D eigenvalue weighted by Crippen LogP contribution is 2.44. The van der Waals surface area contributed by atoms with Crippen LogP contribution in [-0.2, 0) is 6.54 Å². The van der Waals surface area contributed by atoms with Crippen molar-refractivity contribution in [3.63, 3.8) is 0 Å². The average molecular weight is 225 g/mol. The van der Waals surface area contributed by atoms with Crippen molar-refractivity contribution < 1.29 is 9.90 Å². The van der Waals surface area contributed by atoms with Gasteiger partial charge in [-0.05, 0) is 24.3 Å². The minimum atomic E-state index is -0.841. The van der Waals surface area contributed by atoms with E-state index in [1.54, 1.807) is 11.4 Å². The van der Waals surface area contributed by atoms with E-state index in [9.17, 15) is 4.79 Å². The number of thiophene rings is 1. The van der Waals surface area contributed by atoms with Gasteiger partial charge in [-0.2, -0.15) is 0 Å². The maximum absolute atomic E-state index is 10.6. The SMILES string of the molecule is CC1(CNCc2cc(C(=O)O)cs2)CC1. The normalized spacial score (nSPS) is 17.7. The van der Waals surface area contributed by atoms with Crippen molar-refractivity contribution in [2.24, 2.45) is 5.41 Å². The number of rotatable bonds is 5. The zero-order valence-corrected chi connectivity index (χ0v) is 9.56. The van der Waals surface area contributed by atoms with E-state index in [2.05, 4.69) is 12.2 Å². The van der Waals surface area contributed by atoms with Crippen LogP contribution in [0.15, 0.2) is 11.4 Å². The summed E-state index contributed by atoms with van der Waals surface area (Å²) in [5.74, 6) is -0.841. The molecule has 1 aromatic rings. The highest BCUT2D eigenvalue weighted by atomic mass is 32.1. The summed E-state index contributed by atoms with van der Waals surface area (Å²) >= 11 is 1.51. The number of nitrogens with one attached hydrogen (secondary N) is 1. The molecule has 1 fully saturated rings. The predicted molar refractivity (Wildman–Crippen MR) is 60.3 cm³/mol. The molecule has 1 aromatic heterocycles. The van der Waals surface area contributed by atoms with Crippen LogP contribution in [0.25, 0.3) is 0 Å². The molecule has 2 N–H and O–H groups in total. The fraction of sp³-hybridized carbons (Fsp3) is 0.545. The lowest BCUT2D eigenvalue weighted by Crippen LogP contribution is -2.20. The molecule has 1 aliphatic carbocycles. The maximum Gasteiger partial charge on any atom is 0.336 e. The quantitative estimate of drug-likeness (QED) is 0.808. The smallest absolute Gasteiger partial charge is 0.336 e. The Morgan fingerprint density at radius 2 is 2.40 bits per heavy atom. The van der Waals surface area contributed by atoms with E-state index in [0.29, 0.717) is 11.0 Å². The number of carboxylic acid groups (broad SMARTS) is 1.